The minimum absolute atomic E-state index is 0.215. The van der Waals surface area contributed by atoms with Crippen LogP contribution in [0.1, 0.15) is 16.7 Å². The molecular formula is C15H16FN. The molecule has 0 aromatic heterocycles. The summed E-state index contributed by atoms with van der Waals surface area (Å²) in [6, 6.07) is 10.7. The molecule has 17 heavy (non-hydrogen) atoms. The van der Waals surface area contributed by atoms with Crippen molar-refractivity contribution in [3.63, 3.8) is 0 Å². The monoisotopic (exact) mass is 229 g/mol. The zero-order valence-electron chi connectivity index (χ0n) is 10.3. The normalized spacial score (nSPS) is 10.4. The van der Waals surface area contributed by atoms with Gasteiger partial charge in [-0.25, -0.2) is 4.39 Å². The molecule has 0 aliphatic heterocycles. The molecule has 0 atom stereocenters. The van der Waals surface area contributed by atoms with Gasteiger partial charge in [-0.3, -0.25) is 0 Å². The van der Waals surface area contributed by atoms with Crippen LogP contribution in [-0.4, -0.2) is 0 Å². The fourth-order valence-corrected chi connectivity index (χ4v) is 2.05. The molecule has 88 valence electrons. The first-order valence-electron chi connectivity index (χ1n) is 5.67. The Bertz CT molecular complexity index is 506. The highest BCUT2D eigenvalue weighted by molar-refractivity contribution is 5.67. The topological polar surface area (TPSA) is 12.0 Å². The van der Waals surface area contributed by atoms with E-state index in [0.29, 0.717) is 0 Å². The summed E-state index contributed by atoms with van der Waals surface area (Å²) in [7, 11) is 0. The highest BCUT2D eigenvalue weighted by Gasteiger charge is 2.04. The van der Waals surface area contributed by atoms with Crippen molar-refractivity contribution >= 4 is 11.4 Å². The largest absolute Gasteiger partial charge is 0.355 e. The van der Waals surface area contributed by atoms with Gasteiger partial charge in [0.05, 0.1) is 0 Å². The molecule has 0 radical (unpaired) electrons. The summed E-state index contributed by atoms with van der Waals surface area (Å²) in [5, 5.41) is 3.33. The van der Waals surface area contributed by atoms with Gasteiger partial charge in [-0.05, 0) is 56.2 Å². The maximum atomic E-state index is 12.8. The fourth-order valence-electron chi connectivity index (χ4n) is 2.05. The number of hydrogen-bond acceptors (Lipinski definition) is 1. The molecule has 0 aliphatic rings. The Hall–Kier alpha value is -1.83. The standard InChI is InChI=1S/C15H16FN/c1-10-8-11(2)15(12(3)9-10)17-14-6-4-13(16)5-7-14/h4-9,17H,1-3H3. The quantitative estimate of drug-likeness (QED) is 0.799. The van der Waals surface area contributed by atoms with Crippen LogP contribution in [0.25, 0.3) is 0 Å². The summed E-state index contributed by atoms with van der Waals surface area (Å²) in [6.45, 7) is 6.24. The third-order valence-electron chi connectivity index (χ3n) is 2.79. The SMILES string of the molecule is Cc1cc(C)c(Nc2ccc(F)cc2)c(C)c1. The molecule has 2 aromatic rings. The van der Waals surface area contributed by atoms with Gasteiger partial charge in [0.15, 0.2) is 0 Å². The van der Waals surface area contributed by atoms with Gasteiger partial charge in [-0.1, -0.05) is 17.7 Å². The van der Waals surface area contributed by atoms with Crippen LogP contribution in [0.5, 0.6) is 0 Å². The number of hydrogen-bond donors (Lipinski definition) is 1. The van der Waals surface area contributed by atoms with Crippen molar-refractivity contribution in [1.82, 2.24) is 0 Å². The molecule has 0 spiro atoms. The van der Waals surface area contributed by atoms with Crippen LogP contribution in [0.15, 0.2) is 36.4 Å². The van der Waals surface area contributed by atoms with Crippen molar-refractivity contribution in [2.24, 2.45) is 0 Å². The van der Waals surface area contributed by atoms with Crippen LogP contribution >= 0.6 is 0 Å². The van der Waals surface area contributed by atoms with E-state index in [9.17, 15) is 4.39 Å². The molecule has 2 rings (SSSR count). The van der Waals surface area contributed by atoms with Crippen LogP contribution in [0.4, 0.5) is 15.8 Å². The summed E-state index contributed by atoms with van der Waals surface area (Å²) in [5.41, 5.74) is 5.66. The lowest BCUT2D eigenvalue weighted by Crippen LogP contribution is -1.97. The van der Waals surface area contributed by atoms with Crippen LogP contribution in [0, 0.1) is 26.6 Å². The average Bonchev–Trinajstić information content (AvgIpc) is 2.26. The molecule has 0 heterocycles. The molecule has 1 nitrogen and oxygen atoms in total. The zero-order valence-corrected chi connectivity index (χ0v) is 10.3. The molecule has 0 bridgehead atoms. The van der Waals surface area contributed by atoms with Crippen molar-refractivity contribution in [2.75, 3.05) is 5.32 Å². The molecule has 0 aliphatic carbocycles. The number of aryl methyl sites for hydroxylation is 3. The molecule has 0 fully saturated rings. The lowest BCUT2D eigenvalue weighted by Gasteiger charge is -2.13. The summed E-state index contributed by atoms with van der Waals surface area (Å²) in [5.74, 6) is -0.215. The Balaban J connectivity index is 2.33. The second-order valence-electron chi connectivity index (χ2n) is 4.41. The minimum Gasteiger partial charge on any atom is -0.355 e. The summed E-state index contributed by atoms with van der Waals surface area (Å²) >= 11 is 0. The van der Waals surface area contributed by atoms with Crippen LogP contribution < -0.4 is 5.32 Å². The van der Waals surface area contributed by atoms with E-state index < -0.39 is 0 Å². The predicted octanol–water partition coefficient (Wildman–Crippen LogP) is 4.49. The van der Waals surface area contributed by atoms with E-state index in [1.54, 1.807) is 12.1 Å². The first kappa shape index (κ1) is 11.6. The maximum Gasteiger partial charge on any atom is 0.123 e. The van der Waals surface area contributed by atoms with E-state index in [2.05, 4.69) is 38.2 Å². The Morgan fingerprint density at radius 2 is 1.41 bits per heavy atom. The minimum atomic E-state index is -0.215. The van der Waals surface area contributed by atoms with Crippen molar-refractivity contribution in [3.05, 3.63) is 58.9 Å². The summed E-state index contributed by atoms with van der Waals surface area (Å²) in [6.07, 6.45) is 0. The second-order valence-corrected chi connectivity index (χ2v) is 4.41. The Morgan fingerprint density at radius 3 is 1.94 bits per heavy atom. The van der Waals surface area contributed by atoms with E-state index in [1.807, 2.05) is 0 Å². The third-order valence-corrected chi connectivity index (χ3v) is 2.79. The van der Waals surface area contributed by atoms with Crippen LogP contribution in [0.2, 0.25) is 0 Å². The van der Waals surface area contributed by atoms with Gasteiger partial charge in [0.2, 0.25) is 0 Å². The predicted molar refractivity (Wildman–Crippen MR) is 70.3 cm³/mol. The Labute approximate surface area is 101 Å². The summed E-state index contributed by atoms with van der Waals surface area (Å²) < 4.78 is 12.8. The average molecular weight is 229 g/mol. The highest BCUT2D eigenvalue weighted by Crippen LogP contribution is 2.25. The summed E-state index contributed by atoms with van der Waals surface area (Å²) in [4.78, 5) is 0. The van der Waals surface area contributed by atoms with Gasteiger partial charge in [0.25, 0.3) is 0 Å². The maximum absolute atomic E-state index is 12.8. The first-order valence-corrected chi connectivity index (χ1v) is 5.67. The number of anilines is 2. The highest BCUT2D eigenvalue weighted by atomic mass is 19.1. The molecule has 2 aromatic carbocycles. The lowest BCUT2D eigenvalue weighted by atomic mass is 10.0. The lowest BCUT2D eigenvalue weighted by molar-refractivity contribution is 0.628. The molecule has 0 saturated carbocycles. The van der Waals surface area contributed by atoms with Crippen molar-refractivity contribution < 1.29 is 4.39 Å². The zero-order chi connectivity index (χ0) is 12.4. The third kappa shape index (κ3) is 2.64. The van der Waals surface area contributed by atoms with Crippen molar-refractivity contribution in [2.45, 2.75) is 20.8 Å². The number of benzene rings is 2. The van der Waals surface area contributed by atoms with Gasteiger partial charge in [0, 0.05) is 11.4 Å². The van der Waals surface area contributed by atoms with Crippen LogP contribution in [-0.2, 0) is 0 Å². The number of nitrogens with one attached hydrogen (secondary N) is 1. The van der Waals surface area contributed by atoms with Gasteiger partial charge < -0.3 is 5.32 Å². The number of halogens is 1. The van der Waals surface area contributed by atoms with E-state index in [0.717, 1.165) is 11.4 Å². The molecule has 0 saturated heterocycles. The molecule has 0 unspecified atom stereocenters. The van der Waals surface area contributed by atoms with Gasteiger partial charge >= 0.3 is 0 Å². The first-order chi connectivity index (χ1) is 8.06. The van der Waals surface area contributed by atoms with E-state index in [-0.39, 0.29) is 5.82 Å². The Morgan fingerprint density at radius 1 is 0.882 bits per heavy atom. The van der Waals surface area contributed by atoms with E-state index in [1.165, 1.54) is 28.8 Å². The van der Waals surface area contributed by atoms with E-state index in [4.69, 9.17) is 0 Å². The molecular weight excluding hydrogens is 213 g/mol. The number of rotatable bonds is 2. The second kappa shape index (κ2) is 4.58. The van der Waals surface area contributed by atoms with Gasteiger partial charge in [-0.2, -0.15) is 0 Å². The molecule has 1 N–H and O–H groups in total. The fraction of sp³-hybridized carbons (Fsp3) is 0.200. The van der Waals surface area contributed by atoms with Gasteiger partial charge in [0.1, 0.15) is 5.82 Å². The smallest absolute Gasteiger partial charge is 0.123 e. The molecule has 0 amide bonds. The van der Waals surface area contributed by atoms with E-state index >= 15 is 0 Å². The van der Waals surface area contributed by atoms with Crippen LogP contribution in [0.3, 0.4) is 0 Å². The van der Waals surface area contributed by atoms with Crippen molar-refractivity contribution in [3.8, 4) is 0 Å². The van der Waals surface area contributed by atoms with Gasteiger partial charge in [-0.15, -0.1) is 0 Å². The van der Waals surface area contributed by atoms with Crippen molar-refractivity contribution in [1.29, 1.82) is 0 Å². The molecule has 2 heteroatoms. The Kier molecular flexibility index (Phi) is 3.14.